The fourth-order valence-corrected chi connectivity index (χ4v) is 1.58. The molecule has 1 unspecified atom stereocenters. The van der Waals surface area contributed by atoms with Gasteiger partial charge in [0.25, 0.3) is 0 Å². The van der Waals surface area contributed by atoms with Gasteiger partial charge in [-0.15, -0.1) is 0 Å². The van der Waals surface area contributed by atoms with Gasteiger partial charge in [0, 0.05) is 4.47 Å². The Balaban J connectivity index is 2.89. The molecule has 106 valence electrons. The summed E-state index contributed by atoms with van der Waals surface area (Å²) in [7, 11) is 0. The molecule has 0 fully saturated rings. The first-order valence-electron chi connectivity index (χ1n) is 4.81. The second-order valence-corrected chi connectivity index (χ2v) is 4.48. The Labute approximate surface area is 113 Å². The van der Waals surface area contributed by atoms with Gasteiger partial charge < -0.3 is 10.5 Å². The maximum absolute atomic E-state index is 13.2. The highest BCUT2D eigenvalue weighted by atomic mass is 79.9. The Hall–Kier alpha value is -1.38. The predicted molar refractivity (Wildman–Crippen MR) is 61.0 cm³/mol. The number of benzene rings is 1. The molecule has 1 rings (SSSR count). The Bertz CT molecular complexity index is 492. The summed E-state index contributed by atoms with van der Waals surface area (Å²) < 4.78 is 68.3. The van der Waals surface area contributed by atoms with Crippen LogP contribution in [0.5, 0.6) is 5.75 Å². The maximum atomic E-state index is 13.2. The number of alkyl halides is 3. The molecule has 0 amide bonds. The van der Waals surface area contributed by atoms with E-state index in [1.165, 1.54) is 0 Å². The lowest BCUT2D eigenvalue weighted by Gasteiger charge is -2.19. The molecule has 3 N–H and O–H groups in total. The first kappa shape index (κ1) is 15.7. The Morgan fingerprint density at radius 3 is 2.42 bits per heavy atom. The van der Waals surface area contributed by atoms with Gasteiger partial charge in [-0.05, 0) is 12.1 Å². The number of amidine groups is 1. The van der Waals surface area contributed by atoms with Gasteiger partial charge in [-0.1, -0.05) is 15.9 Å². The average molecular weight is 347 g/mol. The van der Waals surface area contributed by atoms with Crippen LogP contribution in [0.25, 0.3) is 0 Å². The van der Waals surface area contributed by atoms with Gasteiger partial charge in [0.05, 0.1) is 0 Å². The molecule has 0 aliphatic carbocycles. The van der Waals surface area contributed by atoms with E-state index in [4.69, 9.17) is 11.1 Å². The summed E-state index contributed by atoms with van der Waals surface area (Å²) >= 11 is 2.85. The van der Waals surface area contributed by atoms with Gasteiger partial charge in [-0.2, -0.15) is 17.6 Å². The molecule has 1 atom stereocenters. The molecule has 0 aliphatic heterocycles. The molecule has 9 heteroatoms. The zero-order valence-electron chi connectivity index (χ0n) is 9.19. The topological polar surface area (TPSA) is 59.1 Å². The monoisotopic (exact) mass is 346 g/mol. The first-order valence-corrected chi connectivity index (χ1v) is 5.60. The van der Waals surface area contributed by atoms with Gasteiger partial charge in [0.15, 0.2) is 11.6 Å². The smallest absolute Gasteiger partial charge is 0.401 e. The van der Waals surface area contributed by atoms with Gasteiger partial charge in [-0.25, -0.2) is 4.39 Å². The fourth-order valence-electron chi connectivity index (χ4n) is 1.17. The van der Waals surface area contributed by atoms with E-state index < -0.39 is 41.9 Å². The summed E-state index contributed by atoms with van der Waals surface area (Å²) in [5, 5.41) is 6.81. The third-order valence-electron chi connectivity index (χ3n) is 2.14. The van der Waals surface area contributed by atoms with Gasteiger partial charge in [0.2, 0.25) is 5.82 Å². The van der Waals surface area contributed by atoms with Crippen LogP contribution in [0.4, 0.5) is 22.0 Å². The van der Waals surface area contributed by atoms with Crippen molar-refractivity contribution in [2.45, 2.75) is 6.18 Å². The molecule has 3 nitrogen and oxygen atoms in total. The summed E-state index contributed by atoms with van der Waals surface area (Å²) in [4.78, 5) is 0. The minimum absolute atomic E-state index is 0.104. The zero-order valence-corrected chi connectivity index (χ0v) is 10.8. The lowest BCUT2D eigenvalue weighted by molar-refractivity contribution is -0.162. The summed E-state index contributed by atoms with van der Waals surface area (Å²) in [6.07, 6.45) is -4.80. The van der Waals surface area contributed by atoms with E-state index in [0.29, 0.717) is 0 Å². The molecule has 0 saturated heterocycles. The van der Waals surface area contributed by atoms with Crippen LogP contribution < -0.4 is 10.5 Å². The second-order valence-electron chi connectivity index (χ2n) is 3.56. The molecule has 0 aromatic heterocycles. The van der Waals surface area contributed by atoms with Gasteiger partial charge >= 0.3 is 6.18 Å². The van der Waals surface area contributed by atoms with Crippen molar-refractivity contribution in [3.63, 3.8) is 0 Å². The van der Waals surface area contributed by atoms with Crippen LogP contribution >= 0.6 is 15.9 Å². The zero-order chi connectivity index (χ0) is 14.8. The highest BCUT2D eigenvalue weighted by molar-refractivity contribution is 9.10. The number of ether oxygens (including phenoxy) is 1. The minimum Gasteiger partial charge on any atom is -0.489 e. The summed E-state index contributed by atoms with van der Waals surface area (Å²) in [6.45, 7) is -1.11. The van der Waals surface area contributed by atoms with Crippen LogP contribution in [0, 0.1) is 23.0 Å². The van der Waals surface area contributed by atoms with Crippen molar-refractivity contribution in [1.82, 2.24) is 0 Å². The molecule has 1 aromatic rings. The fraction of sp³-hybridized carbons (Fsp3) is 0.300. The average Bonchev–Trinajstić information content (AvgIpc) is 2.22. The molecule has 1 aromatic carbocycles. The van der Waals surface area contributed by atoms with Crippen molar-refractivity contribution in [1.29, 1.82) is 5.41 Å². The first-order chi connectivity index (χ1) is 8.62. The van der Waals surface area contributed by atoms with Crippen LogP contribution in [-0.4, -0.2) is 18.6 Å². The SMILES string of the molecule is N=C(N)C(COc1cc(Br)cc(F)c1F)C(F)(F)F. The predicted octanol–water partition coefficient (Wildman–Crippen LogP) is 3.22. The number of hydrogen-bond acceptors (Lipinski definition) is 2. The second kappa shape index (κ2) is 5.72. The van der Waals surface area contributed by atoms with Crippen molar-refractivity contribution < 1.29 is 26.7 Å². The van der Waals surface area contributed by atoms with Crippen LogP contribution in [0.1, 0.15) is 0 Å². The number of nitrogens with two attached hydrogens (primary N) is 1. The van der Waals surface area contributed by atoms with Crippen LogP contribution in [0.3, 0.4) is 0 Å². The largest absolute Gasteiger partial charge is 0.489 e. The van der Waals surface area contributed by atoms with Crippen LogP contribution in [0.2, 0.25) is 0 Å². The summed E-state index contributed by atoms with van der Waals surface area (Å²) in [6, 6.07) is 1.78. The normalized spacial score (nSPS) is 13.2. The molecule has 0 bridgehead atoms. The molecule has 0 radical (unpaired) electrons. The maximum Gasteiger partial charge on any atom is 0.401 e. The summed E-state index contributed by atoms with van der Waals surface area (Å²) in [5.41, 5.74) is 4.79. The molecular formula is C10H8BrF5N2O. The van der Waals surface area contributed by atoms with E-state index in [0.717, 1.165) is 12.1 Å². The molecular weight excluding hydrogens is 339 g/mol. The van der Waals surface area contributed by atoms with Crippen molar-refractivity contribution in [3.05, 3.63) is 28.2 Å². The molecule has 0 spiro atoms. The van der Waals surface area contributed by atoms with E-state index in [9.17, 15) is 22.0 Å². The van der Waals surface area contributed by atoms with E-state index in [-0.39, 0.29) is 4.47 Å². The number of rotatable bonds is 4. The highest BCUT2D eigenvalue weighted by Gasteiger charge is 2.42. The molecule has 0 aliphatic rings. The lowest BCUT2D eigenvalue weighted by Crippen LogP contribution is -2.39. The Morgan fingerprint density at radius 2 is 1.95 bits per heavy atom. The Kier molecular flexibility index (Phi) is 4.72. The van der Waals surface area contributed by atoms with E-state index in [1.54, 1.807) is 0 Å². The van der Waals surface area contributed by atoms with Crippen LogP contribution in [-0.2, 0) is 0 Å². The van der Waals surface area contributed by atoms with Crippen molar-refractivity contribution in [3.8, 4) is 5.75 Å². The third kappa shape index (κ3) is 4.05. The van der Waals surface area contributed by atoms with Crippen LogP contribution in [0.15, 0.2) is 16.6 Å². The van der Waals surface area contributed by atoms with Gasteiger partial charge in [0.1, 0.15) is 18.4 Å². The number of nitrogens with one attached hydrogen (secondary N) is 1. The number of halogens is 6. The van der Waals surface area contributed by atoms with Gasteiger partial charge in [-0.3, -0.25) is 5.41 Å². The minimum atomic E-state index is -4.80. The quantitative estimate of drug-likeness (QED) is 0.380. The Morgan fingerprint density at radius 1 is 1.37 bits per heavy atom. The van der Waals surface area contributed by atoms with Crippen molar-refractivity contribution >= 4 is 21.8 Å². The van der Waals surface area contributed by atoms with E-state index >= 15 is 0 Å². The molecule has 19 heavy (non-hydrogen) atoms. The van der Waals surface area contributed by atoms with E-state index in [2.05, 4.69) is 20.7 Å². The van der Waals surface area contributed by atoms with E-state index in [1.807, 2.05) is 0 Å². The summed E-state index contributed by atoms with van der Waals surface area (Å²) in [5.74, 6) is -6.91. The van der Waals surface area contributed by atoms with Crippen molar-refractivity contribution in [2.24, 2.45) is 11.7 Å². The standard InChI is InChI=1S/C10H8BrF5N2O/c11-4-1-6(12)8(13)7(2-4)19-3-5(9(17)18)10(14,15)16/h1-2,5H,3H2,(H3,17,18). The van der Waals surface area contributed by atoms with Crippen molar-refractivity contribution in [2.75, 3.05) is 6.61 Å². The lowest BCUT2D eigenvalue weighted by atomic mass is 10.1. The number of hydrogen-bond donors (Lipinski definition) is 2. The molecule has 0 saturated carbocycles. The highest BCUT2D eigenvalue weighted by Crippen LogP contribution is 2.29. The third-order valence-corrected chi connectivity index (χ3v) is 2.59. The molecule has 0 heterocycles.